The van der Waals surface area contributed by atoms with Crippen molar-refractivity contribution in [3.05, 3.63) is 54.3 Å². The van der Waals surface area contributed by atoms with Gasteiger partial charge >= 0.3 is 0 Å². The van der Waals surface area contributed by atoms with E-state index in [9.17, 15) is 4.79 Å². The molecule has 0 radical (unpaired) electrons. The summed E-state index contributed by atoms with van der Waals surface area (Å²) in [6.07, 6.45) is 10.5. The molecule has 0 N–H and O–H groups in total. The van der Waals surface area contributed by atoms with Crippen molar-refractivity contribution in [1.82, 2.24) is 24.1 Å². The third-order valence-electron chi connectivity index (χ3n) is 5.72. The van der Waals surface area contributed by atoms with Gasteiger partial charge < -0.3 is 9.64 Å². The summed E-state index contributed by atoms with van der Waals surface area (Å²) < 4.78 is 8.99. The summed E-state index contributed by atoms with van der Waals surface area (Å²) in [6, 6.07) is 6.07. The fraction of sp³-hybridized carbons (Fsp3) is 0.350. The molecule has 5 heterocycles. The van der Waals surface area contributed by atoms with Gasteiger partial charge in [-0.25, -0.2) is 4.98 Å². The molecule has 0 spiro atoms. The largest absolute Gasteiger partial charge is 0.497 e. The van der Waals surface area contributed by atoms with Crippen molar-refractivity contribution < 1.29 is 9.53 Å². The first kappa shape index (κ1) is 16.1. The van der Waals surface area contributed by atoms with E-state index in [1.165, 1.54) is 5.57 Å². The maximum atomic E-state index is 13.3. The lowest BCUT2D eigenvalue weighted by molar-refractivity contribution is 0.0685. The lowest BCUT2D eigenvalue weighted by atomic mass is 9.98. The SMILES string of the molecule is COc1ccn2c(C(=O)N3[C@@H]4CC[C@@H]3C=C(c3ccnn3C)C4)cnc2c1. The van der Waals surface area contributed by atoms with Gasteiger partial charge in [0.25, 0.3) is 5.91 Å². The Bertz CT molecular complexity index is 1060. The molecule has 27 heavy (non-hydrogen) atoms. The standard InChI is InChI=1S/C20H21N5O2/c1-23-17(5-7-22-23)13-9-14-3-4-15(10-13)25(14)20(26)18-12-21-19-11-16(27-2)6-8-24(18)19/h5-9,11-12,14-15H,3-4,10H2,1-2H3/t14-,15-/m1/s1. The molecule has 7 heteroatoms. The molecule has 138 valence electrons. The molecule has 2 aliphatic heterocycles. The van der Waals surface area contributed by atoms with Gasteiger partial charge in [0.2, 0.25) is 0 Å². The van der Waals surface area contributed by atoms with Crippen LogP contribution in [0.3, 0.4) is 0 Å². The number of carbonyl (C=O) groups is 1. The third kappa shape index (κ3) is 2.45. The number of pyridine rings is 1. The normalized spacial score (nSPS) is 21.6. The molecule has 0 aromatic carbocycles. The van der Waals surface area contributed by atoms with Gasteiger partial charge in [-0.2, -0.15) is 5.10 Å². The van der Waals surface area contributed by atoms with Gasteiger partial charge in [-0.15, -0.1) is 0 Å². The highest BCUT2D eigenvalue weighted by Crippen LogP contribution is 2.39. The van der Waals surface area contributed by atoms with Crippen molar-refractivity contribution in [3.63, 3.8) is 0 Å². The van der Waals surface area contributed by atoms with Crippen LogP contribution in [0.1, 0.15) is 35.4 Å². The number of rotatable bonds is 3. The van der Waals surface area contributed by atoms with Gasteiger partial charge in [-0.3, -0.25) is 13.9 Å². The summed E-state index contributed by atoms with van der Waals surface area (Å²) in [6.45, 7) is 0. The Hall–Kier alpha value is -3.09. The van der Waals surface area contributed by atoms with Crippen molar-refractivity contribution in [3.8, 4) is 5.75 Å². The van der Waals surface area contributed by atoms with E-state index >= 15 is 0 Å². The number of carbonyl (C=O) groups excluding carboxylic acids is 1. The zero-order chi connectivity index (χ0) is 18.5. The van der Waals surface area contributed by atoms with E-state index in [1.807, 2.05) is 51.6 Å². The molecular weight excluding hydrogens is 342 g/mol. The summed E-state index contributed by atoms with van der Waals surface area (Å²) in [5.41, 5.74) is 3.74. The molecule has 3 aromatic heterocycles. The van der Waals surface area contributed by atoms with Crippen LogP contribution in [0.25, 0.3) is 11.2 Å². The molecule has 0 saturated carbocycles. The predicted octanol–water partition coefficient (Wildman–Crippen LogP) is 2.54. The zero-order valence-electron chi connectivity index (χ0n) is 15.4. The van der Waals surface area contributed by atoms with E-state index in [0.717, 1.165) is 30.7 Å². The number of hydrogen-bond acceptors (Lipinski definition) is 4. The number of aromatic nitrogens is 4. The Morgan fingerprint density at radius 3 is 2.93 bits per heavy atom. The Kier molecular flexibility index (Phi) is 3.56. The minimum absolute atomic E-state index is 0.0421. The third-order valence-corrected chi connectivity index (χ3v) is 5.72. The van der Waals surface area contributed by atoms with Crippen molar-refractivity contribution in [1.29, 1.82) is 0 Å². The molecule has 0 unspecified atom stereocenters. The van der Waals surface area contributed by atoms with Crippen molar-refractivity contribution in [2.45, 2.75) is 31.3 Å². The second-order valence-electron chi connectivity index (χ2n) is 7.19. The summed E-state index contributed by atoms with van der Waals surface area (Å²) >= 11 is 0. The molecule has 7 nitrogen and oxygen atoms in total. The Balaban J connectivity index is 1.48. The number of amides is 1. The second-order valence-corrected chi connectivity index (χ2v) is 7.19. The highest BCUT2D eigenvalue weighted by atomic mass is 16.5. The first-order valence-corrected chi connectivity index (χ1v) is 9.18. The molecule has 1 saturated heterocycles. The van der Waals surface area contributed by atoms with Crippen LogP contribution in [-0.2, 0) is 7.05 Å². The van der Waals surface area contributed by atoms with Crippen molar-refractivity contribution in [2.75, 3.05) is 7.11 Å². The first-order valence-electron chi connectivity index (χ1n) is 9.18. The fourth-order valence-electron chi connectivity index (χ4n) is 4.40. The van der Waals surface area contributed by atoms with Crippen LogP contribution in [0, 0.1) is 0 Å². The van der Waals surface area contributed by atoms with E-state index in [0.29, 0.717) is 11.3 Å². The number of imidazole rings is 1. The van der Waals surface area contributed by atoms with Crippen LogP contribution in [0.4, 0.5) is 0 Å². The minimum atomic E-state index is 0.0421. The number of aryl methyl sites for hydroxylation is 1. The molecule has 2 bridgehead atoms. The van der Waals surface area contributed by atoms with Gasteiger partial charge in [0.1, 0.15) is 17.1 Å². The minimum Gasteiger partial charge on any atom is -0.497 e. The Morgan fingerprint density at radius 1 is 1.30 bits per heavy atom. The topological polar surface area (TPSA) is 64.7 Å². The smallest absolute Gasteiger partial charge is 0.273 e. The van der Waals surface area contributed by atoms with Gasteiger partial charge in [-0.1, -0.05) is 6.08 Å². The van der Waals surface area contributed by atoms with Crippen LogP contribution >= 0.6 is 0 Å². The van der Waals surface area contributed by atoms with Crippen molar-refractivity contribution >= 4 is 17.1 Å². The van der Waals surface area contributed by atoms with Crippen LogP contribution in [0.2, 0.25) is 0 Å². The average Bonchev–Trinajstić information content (AvgIpc) is 3.36. The van der Waals surface area contributed by atoms with Crippen molar-refractivity contribution in [2.24, 2.45) is 7.05 Å². The highest BCUT2D eigenvalue weighted by molar-refractivity contribution is 5.95. The summed E-state index contributed by atoms with van der Waals surface area (Å²) in [4.78, 5) is 19.8. The Labute approximate surface area is 156 Å². The molecule has 3 aromatic rings. The molecule has 1 fully saturated rings. The number of methoxy groups -OCH3 is 1. The Morgan fingerprint density at radius 2 is 2.19 bits per heavy atom. The monoisotopic (exact) mass is 363 g/mol. The van der Waals surface area contributed by atoms with E-state index in [2.05, 4.69) is 16.2 Å². The van der Waals surface area contributed by atoms with Gasteiger partial charge in [0.15, 0.2) is 0 Å². The zero-order valence-corrected chi connectivity index (χ0v) is 15.4. The highest BCUT2D eigenvalue weighted by Gasteiger charge is 2.41. The number of fused-ring (bicyclic) bond motifs is 3. The quantitative estimate of drug-likeness (QED) is 0.717. The number of hydrogen-bond donors (Lipinski definition) is 0. The molecule has 5 rings (SSSR count). The van der Waals surface area contributed by atoms with E-state index in [1.54, 1.807) is 13.3 Å². The second kappa shape index (κ2) is 5.97. The molecule has 0 aliphatic carbocycles. The van der Waals surface area contributed by atoms with E-state index < -0.39 is 0 Å². The lowest BCUT2D eigenvalue weighted by Gasteiger charge is -2.34. The van der Waals surface area contributed by atoms with E-state index in [-0.39, 0.29) is 18.0 Å². The summed E-state index contributed by atoms with van der Waals surface area (Å²) in [5, 5.41) is 4.28. The van der Waals surface area contributed by atoms with Gasteiger partial charge in [0.05, 0.1) is 25.0 Å². The maximum Gasteiger partial charge on any atom is 0.273 e. The van der Waals surface area contributed by atoms with Crippen LogP contribution in [0.15, 0.2) is 42.9 Å². The van der Waals surface area contributed by atoms with Gasteiger partial charge in [0, 0.05) is 31.5 Å². The fourth-order valence-corrected chi connectivity index (χ4v) is 4.40. The number of nitrogens with zero attached hydrogens (tertiary/aromatic N) is 5. The van der Waals surface area contributed by atoms with Gasteiger partial charge in [-0.05, 0) is 37.0 Å². The van der Waals surface area contributed by atoms with Crippen LogP contribution < -0.4 is 4.74 Å². The van der Waals surface area contributed by atoms with Crippen LogP contribution in [-0.4, -0.2) is 49.2 Å². The lowest BCUT2D eigenvalue weighted by Crippen LogP contribution is -2.43. The van der Waals surface area contributed by atoms with E-state index in [4.69, 9.17) is 4.74 Å². The van der Waals surface area contributed by atoms with Crippen LogP contribution in [0.5, 0.6) is 5.75 Å². The summed E-state index contributed by atoms with van der Waals surface area (Å²) in [7, 11) is 3.58. The average molecular weight is 363 g/mol. The molecular formula is C20H21N5O2. The predicted molar refractivity (Wildman–Crippen MR) is 101 cm³/mol. The first-order chi connectivity index (χ1) is 13.2. The molecule has 2 atom stereocenters. The molecule has 1 amide bonds. The maximum absolute atomic E-state index is 13.3. The number of ether oxygens (including phenoxy) is 1. The summed E-state index contributed by atoms with van der Waals surface area (Å²) in [5.74, 6) is 0.773. The molecule has 2 aliphatic rings.